The molecule has 0 aromatic carbocycles. The van der Waals surface area contributed by atoms with Crippen molar-refractivity contribution in [2.24, 2.45) is 5.41 Å². The van der Waals surface area contributed by atoms with Gasteiger partial charge < -0.3 is 5.32 Å². The van der Waals surface area contributed by atoms with Gasteiger partial charge in [-0.1, -0.05) is 20.4 Å². The molecule has 0 bridgehead atoms. The van der Waals surface area contributed by atoms with Gasteiger partial charge in [-0.2, -0.15) is 0 Å². The van der Waals surface area contributed by atoms with E-state index in [-0.39, 0.29) is 0 Å². The maximum Gasteiger partial charge on any atom is 0.0608 e. The van der Waals surface area contributed by atoms with Crippen molar-refractivity contribution in [3.8, 4) is 0 Å². The van der Waals surface area contributed by atoms with Gasteiger partial charge in [-0.15, -0.1) is 11.8 Å². The maximum absolute atomic E-state index is 3.83. The van der Waals surface area contributed by atoms with Crippen molar-refractivity contribution >= 4 is 11.8 Å². The van der Waals surface area contributed by atoms with Crippen LogP contribution < -0.4 is 5.32 Å². The molecule has 0 aromatic heterocycles. The molecule has 52 valence electrons. The van der Waals surface area contributed by atoms with Crippen LogP contribution in [0.4, 0.5) is 0 Å². The lowest BCUT2D eigenvalue weighted by molar-refractivity contribution is 0.402. The van der Waals surface area contributed by atoms with Crippen LogP contribution in [0.1, 0.15) is 13.8 Å². The lowest BCUT2D eigenvalue weighted by atomic mass is 9.96. The van der Waals surface area contributed by atoms with E-state index in [1.807, 2.05) is 11.8 Å². The van der Waals surface area contributed by atoms with Gasteiger partial charge in [0.05, 0.1) is 5.03 Å². The molecule has 1 N–H and O–H groups in total. The Morgan fingerprint density at radius 2 is 2.33 bits per heavy atom. The zero-order valence-electron chi connectivity index (χ0n) is 6.03. The number of hydrogen-bond donors (Lipinski definition) is 1. The molecule has 1 heterocycles. The van der Waals surface area contributed by atoms with Gasteiger partial charge in [-0.3, -0.25) is 0 Å². The maximum atomic E-state index is 3.83. The van der Waals surface area contributed by atoms with Crippen LogP contribution in [0.2, 0.25) is 0 Å². The van der Waals surface area contributed by atoms with Crippen LogP contribution >= 0.6 is 11.8 Å². The van der Waals surface area contributed by atoms with Crippen LogP contribution in [0.5, 0.6) is 0 Å². The van der Waals surface area contributed by atoms with Crippen LogP contribution in [0.15, 0.2) is 11.6 Å². The first-order valence-corrected chi connectivity index (χ1v) is 4.14. The Bertz CT molecular complexity index is 117. The molecular formula is C7H13NS. The standard InChI is InChI=1S/C7H13NS/c1-6-8-4-7(2,3)5-9-6/h8H,1,4-5H2,2-3H3. The molecular weight excluding hydrogens is 130 g/mol. The van der Waals surface area contributed by atoms with Gasteiger partial charge in [0.1, 0.15) is 0 Å². The molecule has 0 aliphatic carbocycles. The number of hydrogen-bond acceptors (Lipinski definition) is 2. The summed E-state index contributed by atoms with van der Waals surface area (Å²) < 4.78 is 0. The van der Waals surface area contributed by atoms with Gasteiger partial charge >= 0.3 is 0 Å². The van der Waals surface area contributed by atoms with Crippen LogP contribution in [0, 0.1) is 5.41 Å². The Morgan fingerprint density at radius 3 is 2.67 bits per heavy atom. The quantitative estimate of drug-likeness (QED) is 0.555. The second-order valence-electron chi connectivity index (χ2n) is 3.23. The number of rotatable bonds is 0. The Morgan fingerprint density at radius 1 is 1.67 bits per heavy atom. The zero-order chi connectivity index (χ0) is 6.91. The Kier molecular flexibility index (Phi) is 1.75. The van der Waals surface area contributed by atoms with Crippen molar-refractivity contribution in [1.82, 2.24) is 5.32 Å². The van der Waals surface area contributed by atoms with Gasteiger partial charge in [-0.05, 0) is 5.41 Å². The average Bonchev–Trinajstić information content (AvgIpc) is 1.78. The molecule has 2 heteroatoms. The van der Waals surface area contributed by atoms with E-state index in [0.29, 0.717) is 5.41 Å². The summed E-state index contributed by atoms with van der Waals surface area (Å²) in [6.45, 7) is 9.43. The van der Waals surface area contributed by atoms with E-state index < -0.39 is 0 Å². The van der Waals surface area contributed by atoms with Gasteiger partial charge in [0.25, 0.3) is 0 Å². The zero-order valence-corrected chi connectivity index (χ0v) is 6.85. The molecule has 0 spiro atoms. The lowest BCUT2D eigenvalue weighted by Crippen LogP contribution is -2.34. The molecule has 1 aliphatic rings. The summed E-state index contributed by atoms with van der Waals surface area (Å²) in [5.41, 5.74) is 0.450. The third-order valence-corrected chi connectivity index (χ3v) is 2.82. The monoisotopic (exact) mass is 143 g/mol. The molecule has 1 rings (SSSR count). The Labute approximate surface area is 60.9 Å². The van der Waals surface area contributed by atoms with Crippen molar-refractivity contribution < 1.29 is 0 Å². The predicted molar refractivity (Wildman–Crippen MR) is 43.4 cm³/mol. The Balaban J connectivity index is 2.44. The molecule has 0 radical (unpaired) electrons. The highest BCUT2D eigenvalue weighted by atomic mass is 32.2. The summed E-state index contributed by atoms with van der Waals surface area (Å²) in [4.78, 5) is 0. The van der Waals surface area contributed by atoms with E-state index in [1.165, 1.54) is 5.75 Å². The molecule has 0 amide bonds. The van der Waals surface area contributed by atoms with Crippen LogP contribution in [-0.4, -0.2) is 12.3 Å². The summed E-state index contributed by atoms with van der Waals surface area (Å²) in [7, 11) is 0. The van der Waals surface area contributed by atoms with Gasteiger partial charge in [0.15, 0.2) is 0 Å². The first-order chi connectivity index (χ1) is 4.10. The summed E-state index contributed by atoms with van der Waals surface area (Å²) in [5, 5.41) is 4.36. The molecule has 0 unspecified atom stereocenters. The third-order valence-electron chi connectivity index (χ3n) is 1.40. The topological polar surface area (TPSA) is 12.0 Å². The molecule has 0 atom stereocenters. The van der Waals surface area contributed by atoms with Crippen molar-refractivity contribution in [3.05, 3.63) is 11.6 Å². The van der Waals surface area contributed by atoms with Crippen LogP contribution in [0.3, 0.4) is 0 Å². The summed E-state index contributed by atoms with van der Waals surface area (Å²) in [6.07, 6.45) is 0. The predicted octanol–water partition coefficient (Wildman–Crippen LogP) is 1.82. The molecule has 0 saturated carbocycles. The molecule has 1 aliphatic heterocycles. The molecule has 1 nitrogen and oxygen atoms in total. The van der Waals surface area contributed by atoms with E-state index in [1.54, 1.807) is 0 Å². The SMILES string of the molecule is C=C1NCC(C)(C)CS1. The second-order valence-corrected chi connectivity index (χ2v) is 4.30. The van der Waals surface area contributed by atoms with Crippen molar-refractivity contribution in [2.75, 3.05) is 12.3 Å². The summed E-state index contributed by atoms with van der Waals surface area (Å²) in [6, 6.07) is 0. The van der Waals surface area contributed by atoms with E-state index >= 15 is 0 Å². The summed E-state index contributed by atoms with van der Waals surface area (Å²) >= 11 is 1.82. The number of nitrogens with one attached hydrogen (secondary N) is 1. The normalized spacial score (nSPS) is 25.3. The fourth-order valence-electron chi connectivity index (χ4n) is 0.722. The van der Waals surface area contributed by atoms with E-state index in [4.69, 9.17) is 0 Å². The minimum absolute atomic E-state index is 0.450. The minimum atomic E-state index is 0.450. The fraction of sp³-hybridized carbons (Fsp3) is 0.714. The first-order valence-electron chi connectivity index (χ1n) is 3.16. The second kappa shape index (κ2) is 2.25. The highest BCUT2D eigenvalue weighted by molar-refractivity contribution is 8.03. The van der Waals surface area contributed by atoms with E-state index in [2.05, 4.69) is 25.7 Å². The largest absolute Gasteiger partial charge is 0.380 e. The third kappa shape index (κ3) is 1.94. The molecule has 1 saturated heterocycles. The van der Waals surface area contributed by atoms with E-state index in [9.17, 15) is 0 Å². The Hall–Kier alpha value is -0.110. The molecule has 0 aromatic rings. The molecule has 9 heavy (non-hydrogen) atoms. The molecule has 1 fully saturated rings. The smallest absolute Gasteiger partial charge is 0.0608 e. The first kappa shape index (κ1) is 7.00. The minimum Gasteiger partial charge on any atom is -0.380 e. The van der Waals surface area contributed by atoms with Crippen molar-refractivity contribution in [1.29, 1.82) is 0 Å². The highest BCUT2D eigenvalue weighted by Crippen LogP contribution is 2.28. The number of thioether (sulfide) groups is 1. The lowest BCUT2D eigenvalue weighted by Gasteiger charge is -2.30. The summed E-state index contributed by atoms with van der Waals surface area (Å²) in [5.74, 6) is 1.19. The van der Waals surface area contributed by atoms with Gasteiger partial charge in [0.2, 0.25) is 0 Å². The average molecular weight is 143 g/mol. The van der Waals surface area contributed by atoms with E-state index in [0.717, 1.165) is 11.6 Å². The van der Waals surface area contributed by atoms with Crippen molar-refractivity contribution in [2.45, 2.75) is 13.8 Å². The van der Waals surface area contributed by atoms with Gasteiger partial charge in [-0.25, -0.2) is 0 Å². The highest BCUT2D eigenvalue weighted by Gasteiger charge is 2.22. The van der Waals surface area contributed by atoms with Crippen LogP contribution in [0.25, 0.3) is 0 Å². The fourth-order valence-corrected chi connectivity index (χ4v) is 1.56. The van der Waals surface area contributed by atoms with Gasteiger partial charge in [0, 0.05) is 12.3 Å². The van der Waals surface area contributed by atoms with Crippen molar-refractivity contribution in [3.63, 3.8) is 0 Å². The van der Waals surface area contributed by atoms with Crippen LogP contribution in [-0.2, 0) is 0 Å².